The monoisotopic (exact) mass is 356 g/mol. The van der Waals surface area contributed by atoms with Gasteiger partial charge in [-0.25, -0.2) is 9.78 Å². The van der Waals surface area contributed by atoms with Gasteiger partial charge in [0, 0.05) is 0 Å². The number of fused-ring (bicyclic) bond motifs is 1. The standard InChI is InChI=1S/C18H13ClN2O4/c1-25-12-5-2-10(3-6-12)8-14(19)16-20-15-9-11(18(23)24)4-7-13(15)17(22)21-16/h2-9H,1H3,(H,23,24)(H,20,21,22)/b14-8-. The molecule has 2 N–H and O–H groups in total. The van der Waals surface area contributed by atoms with Gasteiger partial charge in [0.2, 0.25) is 0 Å². The molecule has 7 heteroatoms. The minimum atomic E-state index is -1.09. The van der Waals surface area contributed by atoms with Crippen molar-refractivity contribution < 1.29 is 14.6 Å². The first-order valence-electron chi connectivity index (χ1n) is 7.27. The molecule has 1 aromatic heterocycles. The maximum Gasteiger partial charge on any atom is 0.335 e. The van der Waals surface area contributed by atoms with Crippen LogP contribution in [0.2, 0.25) is 0 Å². The minimum absolute atomic E-state index is 0.0480. The van der Waals surface area contributed by atoms with Gasteiger partial charge in [0.05, 0.1) is 28.6 Å². The van der Waals surface area contributed by atoms with Gasteiger partial charge in [0.1, 0.15) is 5.75 Å². The number of ether oxygens (including phenoxy) is 1. The van der Waals surface area contributed by atoms with Crippen molar-refractivity contribution >= 4 is 39.6 Å². The zero-order valence-electron chi connectivity index (χ0n) is 13.1. The maximum absolute atomic E-state index is 12.2. The molecule has 3 aromatic rings. The summed E-state index contributed by atoms with van der Waals surface area (Å²) in [5.74, 6) is -0.213. The zero-order chi connectivity index (χ0) is 18.0. The number of carbonyl (C=O) groups is 1. The SMILES string of the molecule is COc1ccc(/C=C(\Cl)c2nc3cc(C(=O)O)ccc3c(=O)[nH]2)cc1. The first kappa shape index (κ1) is 16.7. The summed E-state index contributed by atoms with van der Waals surface area (Å²) in [6.45, 7) is 0. The lowest BCUT2D eigenvalue weighted by atomic mass is 10.1. The Bertz CT molecular complexity index is 1040. The second kappa shape index (κ2) is 6.78. The molecule has 0 aliphatic carbocycles. The van der Waals surface area contributed by atoms with Crippen LogP contribution in [0.1, 0.15) is 21.7 Å². The largest absolute Gasteiger partial charge is 0.497 e. The summed E-state index contributed by atoms with van der Waals surface area (Å²) in [5, 5.41) is 9.59. The van der Waals surface area contributed by atoms with Crippen LogP contribution in [-0.4, -0.2) is 28.2 Å². The summed E-state index contributed by atoms with van der Waals surface area (Å²) in [7, 11) is 1.58. The highest BCUT2D eigenvalue weighted by atomic mass is 35.5. The molecule has 0 fully saturated rings. The molecule has 25 heavy (non-hydrogen) atoms. The molecule has 2 aromatic carbocycles. The molecule has 0 atom stereocenters. The van der Waals surface area contributed by atoms with E-state index in [0.717, 1.165) is 5.56 Å². The average Bonchev–Trinajstić information content (AvgIpc) is 2.61. The number of benzene rings is 2. The van der Waals surface area contributed by atoms with Crippen molar-refractivity contribution in [2.24, 2.45) is 0 Å². The average molecular weight is 357 g/mol. The van der Waals surface area contributed by atoms with Crippen molar-refractivity contribution in [2.75, 3.05) is 7.11 Å². The minimum Gasteiger partial charge on any atom is -0.497 e. The van der Waals surface area contributed by atoms with Gasteiger partial charge < -0.3 is 14.8 Å². The highest BCUT2D eigenvalue weighted by molar-refractivity contribution is 6.50. The fraction of sp³-hybridized carbons (Fsp3) is 0.0556. The lowest BCUT2D eigenvalue weighted by Crippen LogP contribution is -2.11. The van der Waals surface area contributed by atoms with Crippen LogP contribution < -0.4 is 10.3 Å². The van der Waals surface area contributed by atoms with Gasteiger partial charge in [-0.05, 0) is 42.0 Å². The number of aromatic carboxylic acids is 1. The molecule has 6 nitrogen and oxygen atoms in total. The van der Waals surface area contributed by atoms with E-state index in [1.54, 1.807) is 25.3 Å². The zero-order valence-corrected chi connectivity index (χ0v) is 13.9. The Kier molecular flexibility index (Phi) is 4.54. The van der Waals surface area contributed by atoms with Gasteiger partial charge in [-0.15, -0.1) is 0 Å². The van der Waals surface area contributed by atoms with Gasteiger partial charge in [-0.1, -0.05) is 23.7 Å². The van der Waals surface area contributed by atoms with Crippen LogP contribution in [0.3, 0.4) is 0 Å². The Morgan fingerprint density at radius 2 is 1.96 bits per heavy atom. The number of rotatable bonds is 4. The third kappa shape index (κ3) is 3.54. The lowest BCUT2D eigenvalue weighted by Gasteiger charge is -2.04. The van der Waals surface area contributed by atoms with E-state index >= 15 is 0 Å². The van der Waals surface area contributed by atoms with Gasteiger partial charge >= 0.3 is 5.97 Å². The first-order chi connectivity index (χ1) is 12.0. The Hall–Kier alpha value is -3.12. The quantitative estimate of drug-likeness (QED) is 0.747. The van der Waals surface area contributed by atoms with E-state index in [2.05, 4.69) is 9.97 Å². The molecule has 0 radical (unpaired) electrons. The molecule has 0 aliphatic rings. The first-order valence-corrected chi connectivity index (χ1v) is 7.65. The predicted molar refractivity (Wildman–Crippen MR) is 96.0 cm³/mol. The summed E-state index contributed by atoms with van der Waals surface area (Å²) in [6.07, 6.45) is 1.64. The fourth-order valence-corrected chi connectivity index (χ4v) is 2.52. The van der Waals surface area contributed by atoms with E-state index in [0.29, 0.717) is 11.1 Å². The van der Waals surface area contributed by atoms with Gasteiger partial charge in [0.25, 0.3) is 5.56 Å². The topological polar surface area (TPSA) is 92.3 Å². The molecular formula is C18H13ClN2O4. The van der Waals surface area contributed by atoms with E-state index in [9.17, 15) is 9.59 Å². The summed E-state index contributed by atoms with van der Waals surface area (Å²) < 4.78 is 5.09. The van der Waals surface area contributed by atoms with Crippen molar-refractivity contribution in [1.29, 1.82) is 0 Å². The van der Waals surface area contributed by atoms with Crippen molar-refractivity contribution in [3.63, 3.8) is 0 Å². The molecule has 0 unspecified atom stereocenters. The molecule has 0 amide bonds. The summed E-state index contributed by atoms with van der Waals surface area (Å²) in [6, 6.07) is 11.3. The number of hydrogen-bond acceptors (Lipinski definition) is 4. The van der Waals surface area contributed by atoms with Crippen LogP contribution in [0.5, 0.6) is 5.75 Å². The van der Waals surface area contributed by atoms with Gasteiger partial charge in [0.15, 0.2) is 5.82 Å². The van der Waals surface area contributed by atoms with E-state index in [1.807, 2.05) is 12.1 Å². The Balaban J connectivity index is 2.05. The van der Waals surface area contributed by atoms with Crippen LogP contribution in [0.25, 0.3) is 22.0 Å². The van der Waals surface area contributed by atoms with E-state index in [1.165, 1.54) is 18.2 Å². The van der Waals surface area contributed by atoms with Crippen LogP contribution in [0, 0.1) is 0 Å². The highest BCUT2D eigenvalue weighted by Gasteiger charge is 2.10. The molecule has 3 rings (SSSR count). The van der Waals surface area contributed by atoms with Crippen LogP contribution in [-0.2, 0) is 0 Å². The normalized spacial score (nSPS) is 11.5. The van der Waals surface area contributed by atoms with E-state index < -0.39 is 11.5 Å². The Morgan fingerprint density at radius 3 is 2.60 bits per heavy atom. The van der Waals surface area contributed by atoms with Crippen molar-refractivity contribution in [3.05, 3.63) is 69.8 Å². The summed E-state index contributed by atoms with van der Waals surface area (Å²) in [4.78, 5) is 30.1. The van der Waals surface area contributed by atoms with Gasteiger partial charge in [-0.3, -0.25) is 4.79 Å². The number of nitrogens with one attached hydrogen (secondary N) is 1. The van der Waals surface area contributed by atoms with Crippen molar-refractivity contribution in [1.82, 2.24) is 9.97 Å². The van der Waals surface area contributed by atoms with E-state index in [-0.39, 0.29) is 21.9 Å². The van der Waals surface area contributed by atoms with Crippen LogP contribution >= 0.6 is 11.6 Å². The number of nitrogens with zero attached hydrogens (tertiary/aromatic N) is 1. The Labute approximate surface area is 147 Å². The third-order valence-corrected chi connectivity index (χ3v) is 3.88. The molecule has 0 bridgehead atoms. The number of H-pyrrole nitrogens is 1. The fourth-order valence-electron chi connectivity index (χ4n) is 2.30. The van der Waals surface area contributed by atoms with Crippen molar-refractivity contribution in [3.8, 4) is 5.75 Å². The number of aromatic amines is 1. The lowest BCUT2D eigenvalue weighted by molar-refractivity contribution is 0.0697. The number of methoxy groups -OCH3 is 1. The van der Waals surface area contributed by atoms with Crippen LogP contribution in [0.4, 0.5) is 0 Å². The van der Waals surface area contributed by atoms with Crippen LogP contribution in [0.15, 0.2) is 47.3 Å². The Morgan fingerprint density at radius 1 is 1.24 bits per heavy atom. The smallest absolute Gasteiger partial charge is 0.335 e. The molecule has 0 saturated carbocycles. The second-order valence-corrected chi connectivity index (χ2v) is 5.62. The number of hydrogen-bond donors (Lipinski definition) is 2. The van der Waals surface area contributed by atoms with Gasteiger partial charge in [-0.2, -0.15) is 0 Å². The molecular weight excluding hydrogens is 344 g/mol. The molecule has 0 aliphatic heterocycles. The van der Waals surface area contributed by atoms with E-state index in [4.69, 9.17) is 21.4 Å². The number of carboxylic acids is 1. The molecule has 1 heterocycles. The van der Waals surface area contributed by atoms with Crippen molar-refractivity contribution in [2.45, 2.75) is 0 Å². The molecule has 0 saturated heterocycles. The molecule has 126 valence electrons. The maximum atomic E-state index is 12.2. The highest BCUT2D eigenvalue weighted by Crippen LogP contribution is 2.21. The predicted octanol–water partition coefficient (Wildman–Crippen LogP) is 3.37. The second-order valence-electron chi connectivity index (χ2n) is 5.22. The third-order valence-electron chi connectivity index (χ3n) is 3.59. The molecule has 0 spiro atoms. The summed E-state index contributed by atoms with van der Waals surface area (Å²) in [5.41, 5.74) is 0.720. The summed E-state index contributed by atoms with van der Waals surface area (Å²) >= 11 is 6.27. The number of aromatic nitrogens is 2. The number of carboxylic acid groups (broad SMARTS) is 1. The number of halogens is 1.